The van der Waals surface area contributed by atoms with Gasteiger partial charge in [-0.25, -0.2) is 14.3 Å². The molecule has 5 nitrogen and oxygen atoms in total. The van der Waals surface area contributed by atoms with Crippen LogP contribution >= 0.6 is 0 Å². The first-order valence-corrected chi connectivity index (χ1v) is 7.38. The molecule has 0 saturated heterocycles. The lowest BCUT2D eigenvalue weighted by molar-refractivity contribution is 0.483. The maximum Gasteiger partial charge on any atom is 0.223 e. The first kappa shape index (κ1) is 14.0. The minimum Gasteiger partial charge on any atom is -0.457 e. The highest BCUT2D eigenvalue weighted by atomic mass is 16.5. The van der Waals surface area contributed by atoms with Gasteiger partial charge in [-0.3, -0.25) is 0 Å². The Morgan fingerprint density at radius 1 is 0.958 bits per heavy atom. The normalized spacial score (nSPS) is 10.5. The van der Waals surface area contributed by atoms with Crippen LogP contribution in [0.25, 0.3) is 21.7 Å². The molecule has 0 fully saturated rings. The second-order valence-electron chi connectivity index (χ2n) is 5.20. The van der Waals surface area contributed by atoms with E-state index in [2.05, 4.69) is 14.9 Å². The van der Waals surface area contributed by atoms with Crippen LogP contribution in [-0.4, -0.2) is 14.6 Å². The van der Waals surface area contributed by atoms with E-state index in [1.807, 2.05) is 60.7 Å². The summed E-state index contributed by atoms with van der Waals surface area (Å²) >= 11 is 0. The number of ether oxygens (including phenoxy) is 1. The van der Waals surface area contributed by atoms with Crippen LogP contribution in [0.3, 0.4) is 0 Å². The van der Waals surface area contributed by atoms with E-state index in [4.69, 9.17) is 11.3 Å². The minimum absolute atomic E-state index is 0.462. The van der Waals surface area contributed by atoms with Gasteiger partial charge < -0.3 is 4.74 Å². The summed E-state index contributed by atoms with van der Waals surface area (Å²) in [6.45, 7) is 7.04. The first-order valence-electron chi connectivity index (χ1n) is 7.38. The van der Waals surface area contributed by atoms with Gasteiger partial charge >= 0.3 is 0 Å². The first-order chi connectivity index (χ1) is 11.8. The molecule has 2 aromatic heterocycles. The molecule has 114 valence electrons. The molecule has 0 unspecified atom stereocenters. The van der Waals surface area contributed by atoms with Gasteiger partial charge in [-0.15, -0.1) is 0 Å². The van der Waals surface area contributed by atoms with E-state index in [1.165, 1.54) is 0 Å². The Bertz CT molecular complexity index is 1030. The number of fused-ring (bicyclic) bond motifs is 1. The van der Waals surface area contributed by atoms with Crippen molar-refractivity contribution >= 4 is 11.3 Å². The average Bonchev–Trinajstić information content (AvgIpc) is 3.06. The molecule has 4 rings (SSSR count). The fraction of sp³-hybridized carbons (Fsp3) is 0. The molecule has 0 amide bonds. The molecule has 2 aromatic carbocycles. The highest BCUT2D eigenvalue weighted by molar-refractivity contribution is 5.65. The molecule has 0 aliphatic rings. The fourth-order valence-electron chi connectivity index (χ4n) is 2.38. The fourth-order valence-corrected chi connectivity index (χ4v) is 2.38. The van der Waals surface area contributed by atoms with Crippen LogP contribution in [0.15, 0.2) is 73.1 Å². The Hall–Kier alpha value is -3.65. The smallest absolute Gasteiger partial charge is 0.223 e. The third-order valence-electron chi connectivity index (χ3n) is 3.56. The molecular weight excluding hydrogens is 300 g/mol. The maximum atomic E-state index is 7.04. The lowest BCUT2D eigenvalue weighted by Crippen LogP contribution is -1.88. The molecule has 0 aliphatic carbocycles. The third kappa shape index (κ3) is 2.69. The number of nitrogens with zero attached hydrogens (tertiary/aromatic N) is 4. The molecule has 2 heterocycles. The Labute approximate surface area is 138 Å². The van der Waals surface area contributed by atoms with Crippen molar-refractivity contribution in [3.05, 3.63) is 84.5 Å². The molecule has 0 radical (unpaired) electrons. The molecule has 5 heteroatoms. The van der Waals surface area contributed by atoms with Crippen LogP contribution in [-0.2, 0) is 0 Å². The lowest BCUT2D eigenvalue weighted by Gasteiger charge is -2.05. The van der Waals surface area contributed by atoms with Crippen molar-refractivity contribution in [1.29, 1.82) is 0 Å². The SMILES string of the molecule is [C-]#[N+]c1cnc2cc(-c3ccc(Oc4ccccc4)cc3)nn2c1. The summed E-state index contributed by atoms with van der Waals surface area (Å²) in [7, 11) is 0. The van der Waals surface area contributed by atoms with Crippen molar-refractivity contribution in [2.75, 3.05) is 0 Å². The number of aromatic nitrogens is 3. The second-order valence-corrected chi connectivity index (χ2v) is 5.20. The third-order valence-corrected chi connectivity index (χ3v) is 3.56. The highest BCUT2D eigenvalue weighted by Gasteiger charge is 2.06. The molecule has 4 aromatic rings. The molecular formula is C19H12N4O. The van der Waals surface area contributed by atoms with E-state index in [1.54, 1.807) is 16.9 Å². The van der Waals surface area contributed by atoms with Crippen LogP contribution in [0.4, 0.5) is 5.69 Å². The number of hydrogen-bond acceptors (Lipinski definition) is 3. The van der Waals surface area contributed by atoms with Gasteiger partial charge in [0.2, 0.25) is 5.69 Å². The summed E-state index contributed by atoms with van der Waals surface area (Å²) in [4.78, 5) is 7.60. The predicted octanol–water partition coefficient (Wildman–Crippen LogP) is 4.74. The van der Waals surface area contributed by atoms with Gasteiger partial charge in [-0.2, -0.15) is 5.10 Å². The van der Waals surface area contributed by atoms with Crippen molar-refractivity contribution in [3.63, 3.8) is 0 Å². The molecule has 0 aliphatic heterocycles. The van der Waals surface area contributed by atoms with Gasteiger partial charge in [0.05, 0.1) is 12.3 Å². The Morgan fingerprint density at radius 2 is 1.71 bits per heavy atom. The highest BCUT2D eigenvalue weighted by Crippen LogP contribution is 2.25. The van der Waals surface area contributed by atoms with Crippen LogP contribution in [0.1, 0.15) is 0 Å². The van der Waals surface area contributed by atoms with E-state index in [-0.39, 0.29) is 0 Å². The minimum atomic E-state index is 0.462. The zero-order chi connectivity index (χ0) is 16.4. The topological polar surface area (TPSA) is 43.8 Å². The average molecular weight is 312 g/mol. The number of hydrogen-bond donors (Lipinski definition) is 0. The van der Waals surface area contributed by atoms with E-state index in [9.17, 15) is 0 Å². The zero-order valence-electron chi connectivity index (χ0n) is 12.6. The van der Waals surface area contributed by atoms with Crippen molar-refractivity contribution in [2.45, 2.75) is 0 Å². The van der Waals surface area contributed by atoms with E-state index in [0.29, 0.717) is 11.3 Å². The van der Waals surface area contributed by atoms with Crippen molar-refractivity contribution in [3.8, 4) is 22.8 Å². The van der Waals surface area contributed by atoms with Gasteiger partial charge in [0.1, 0.15) is 11.5 Å². The molecule has 0 saturated carbocycles. The predicted molar refractivity (Wildman–Crippen MR) is 91.2 cm³/mol. The lowest BCUT2D eigenvalue weighted by atomic mass is 10.1. The van der Waals surface area contributed by atoms with Gasteiger partial charge in [0.25, 0.3) is 0 Å². The van der Waals surface area contributed by atoms with E-state index in [0.717, 1.165) is 22.8 Å². The van der Waals surface area contributed by atoms with Crippen LogP contribution in [0.2, 0.25) is 0 Å². The van der Waals surface area contributed by atoms with Gasteiger partial charge in [-0.1, -0.05) is 18.2 Å². The summed E-state index contributed by atoms with van der Waals surface area (Å²) in [5, 5.41) is 4.48. The summed E-state index contributed by atoms with van der Waals surface area (Å²) in [5.41, 5.74) is 2.94. The van der Waals surface area contributed by atoms with Crippen LogP contribution < -0.4 is 4.74 Å². The van der Waals surface area contributed by atoms with E-state index < -0.39 is 0 Å². The maximum absolute atomic E-state index is 7.04. The molecule has 0 atom stereocenters. The monoisotopic (exact) mass is 312 g/mol. The van der Waals surface area contributed by atoms with Gasteiger partial charge in [0, 0.05) is 24.0 Å². The number of para-hydroxylation sites is 1. The number of benzene rings is 2. The Kier molecular flexibility index (Phi) is 3.41. The second kappa shape index (κ2) is 5.86. The summed E-state index contributed by atoms with van der Waals surface area (Å²) < 4.78 is 7.41. The largest absolute Gasteiger partial charge is 0.457 e. The summed E-state index contributed by atoms with van der Waals surface area (Å²) in [5.74, 6) is 1.57. The summed E-state index contributed by atoms with van der Waals surface area (Å²) in [6.07, 6.45) is 3.22. The van der Waals surface area contributed by atoms with Gasteiger partial charge in [-0.05, 0) is 36.4 Å². The summed E-state index contributed by atoms with van der Waals surface area (Å²) in [6, 6.07) is 19.3. The van der Waals surface area contributed by atoms with Crippen molar-refractivity contribution in [1.82, 2.24) is 14.6 Å². The standard InChI is InChI=1S/C19H12N4O/c1-20-15-12-21-19-11-18(22-23(19)13-15)14-7-9-17(10-8-14)24-16-5-3-2-4-6-16/h2-13H. The van der Waals surface area contributed by atoms with Gasteiger partial charge in [0.15, 0.2) is 5.65 Å². The van der Waals surface area contributed by atoms with E-state index >= 15 is 0 Å². The molecule has 0 N–H and O–H groups in total. The number of rotatable bonds is 3. The van der Waals surface area contributed by atoms with Crippen LogP contribution in [0.5, 0.6) is 11.5 Å². The Balaban J connectivity index is 1.62. The molecule has 24 heavy (non-hydrogen) atoms. The molecule has 0 spiro atoms. The molecule has 0 bridgehead atoms. The quantitative estimate of drug-likeness (QED) is 0.513. The van der Waals surface area contributed by atoms with Crippen LogP contribution in [0, 0.1) is 6.57 Å². The Morgan fingerprint density at radius 3 is 2.46 bits per heavy atom. The van der Waals surface area contributed by atoms with Crippen molar-refractivity contribution in [2.24, 2.45) is 0 Å². The zero-order valence-corrected chi connectivity index (χ0v) is 12.6. The van der Waals surface area contributed by atoms with Crippen molar-refractivity contribution < 1.29 is 4.74 Å².